The molecule has 1 saturated heterocycles. The first-order valence-electron chi connectivity index (χ1n) is 9.48. The van der Waals surface area contributed by atoms with Crippen LogP contribution in [0, 0.1) is 6.92 Å². The van der Waals surface area contributed by atoms with Crippen LogP contribution in [0.25, 0.3) is 0 Å². The molecule has 7 heteroatoms. The molecule has 0 aliphatic carbocycles. The fraction of sp³-hybridized carbons (Fsp3) is 0.500. The number of aryl methyl sites for hydroxylation is 2. The van der Waals surface area contributed by atoms with Gasteiger partial charge in [0.25, 0.3) is 5.56 Å². The van der Waals surface area contributed by atoms with Crippen molar-refractivity contribution < 1.29 is 4.74 Å². The van der Waals surface area contributed by atoms with Crippen LogP contribution in [0.1, 0.15) is 18.4 Å². The molecule has 1 aromatic heterocycles. The summed E-state index contributed by atoms with van der Waals surface area (Å²) in [5, 5.41) is 0. The highest BCUT2D eigenvalue weighted by molar-refractivity contribution is 5.49. The SMILES string of the molecule is COc1ccc(N2CCN(CCCCn3cc(C)c(=O)[nH]c3=O)CC2)cc1. The van der Waals surface area contributed by atoms with Crippen molar-refractivity contribution in [3.8, 4) is 5.75 Å². The zero-order chi connectivity index (χ0) is 19.2. The standard InChI is InChI=1S/C20H28N4O3/c1-16-15-24(20(26)21-19(16)25)10-4-3-9-22-11-13-23(14-12-22)17-5-7-18(27-2)8-6-17/h5-8,15H,3-4,9-14H2,1-2H3,(H,21,25,26). The lowest BCUT2D eigenvalue weighted by molar-refractivity contribution is 0.251. The van der Waals surface area contributed by atoms with E-state index in [9.17, 15) is 9.59 Å². The molecule has 0 amide bonds. The Kier molecular flexibility index (Phi) is 6.34. The molecule has 1 aliphatic rings. The van der Waals surface area contributed by atoms with Crippen LogP contribution in [0.4, 0.5) is 5.69 Å². The number of nitrogens with zero attached hydrogens (tertiary/aromatic N) is 3. The smallest absolute Gasteiger partial charge is 0.328 e. The maximum Gasteiger partial charge on any atom is 0.328 e. The molecule has 1 aromatic carbocycles. The summed E-state index contributed by atoms with van der Waals surface area (Å²) >= 11 is 0. The van der Waals surface area contributed by atoms with Gasteiger partial charge in [0.05, 0.1) is 7.11 Å². The highest BCUT2D eigenvalue weighted by Crippen LogP contribution is 2.20. The molecule has 0 bridgehead atoms. The number of anilines is 1. The predicted octanol–water partition coefficient (Wildman–Crippen LogP) is 1.46. The summed E-state index contributed by atoms with van der Waals surface area (Å²) in [6.07, 6.45) is 3.60. The molecule has 2 aromatic rings. The number of ether oxygens (including phenoxy) is 1. The summed E-state index contributed by atoms with van der Waals surface area (Å²) in [7, 11) is 1.68. The van der Waals surface area contributed by atoms with Gasteiger partial charge in [-0.25, -0.2) is 4.79 Å². The van der Waals surface area contributed by atoms with E-state index in [0.29, 0.717) is 12.1 Å². The minimum atomic E-state index is -0.321. The third kappa shape index (κ3) is 5.01. The van der Waals surface area contributed by atoms with Crippen LogP contribution in [-0.4, -0.2) is 54.3 Å². The molecule has 1 aliphatic heterocycles. The first-order chi connectivity index (χ1) is 13.1. The molecule has 0 radical (unpaired) electrons. The van der Waals surface area contributed by atoms with Crippen molar-refractivity contribution in [3.05, 3.63) is 56.9 Å². The van der Waals surface area contributed by atoms with Crippen LogP contribution in [0.3, 0.4) is 0 Å². The number of unbranched alkanes of at least 4 members (excludes halogenated alkanes) is 1. The molecule has 146 valence electrons. The Morgan fingerprint density at radius 3 is 2.33 bits per heavy atom. The van der Waals surface area contributed by atoms with Crippen LogP contribution in [0.5, 0.6) is 5.75 Å². The maximum atomic E-state index is 11.8. The lowest BCUT2D eigenvalue weighted by atomic mass is 10.2. The molecule has 0 saturated carbocycles. The van der Waals surface area contributed by atoms with E-state index >= 15 is 0 Å². The van der Waals surface area contributed by atoms with Gasteiger partial charge in [0.1, 0.15) is 5.75 Å². The van der Waals surface area contributed by atoms with Gasteiger partial charge in [0.15, 0.2) is 0 Å². The molecule has 0 atom stereocenters. The Bertz CT molecular complexity index is 849. The number of benzene rings is 1. The lowest BCUT2D eigenvalue weighted by Gasteiger charge is -2.36. The third-order valence-electron chi connectivity index (χ3n) is 5.12. The minimum Gasteiger partial charge on any atom is -0.497 e. The van der Waals surface area contributed by atoms with Crippen molar-refractivity contribution in [2.45, 2.75) is 26.3 Å². The maximum absolute atomic E-state index is 11.8. The first-order valence-corrected chi connectivity index (χ1v) is 9.48. The number of piperazine rings is 1. The van der Waals surface area contributed by atoms with Gasteiger partial charge in [-0.15, -0.1) is 0 Å². The summed E-state index contributed by atoms with van der Waals surface area (Å²) in [5.41, 5.74) is 1.19. The van der Waals surface area contributed by atoms with E-state index < -0.39 is 0 Å². The van der Waals surface area contributed by atoms with Crippen LogP contribution in [-0.2, 0) is 6.54 Å². The normalized spacial score (nSPS) is 15.1. The highest BCUT2D eigenvalue weighted by atomic mass is 16.5. The highest BCUT2D eigenvalue weighted by Gasteiger charge is 2.16. The van der Waals surface area contributed by atoms with E-state index in [1.165, 1.54) is 5.69 Å². The van der Waals surface area contributed by atoms with E-state index in [1.807, 2.05) is 12.1 Å². The number of hydrogen-bond acceptors (Lipinski definition) is 5. The second kappa shape index (κ2) is 8.90. The summed E-state index contributed by atoms with van der Waals surface area (Å²) < 4.78 is 6.81. The molecule has 27 heavy (non-hydrogen) atoms. The van der Waals surface area contributed by atoms with Gasteiger partial charge in [-0.3, -0.25) is 14.7 Å². The predicted molar refractivity (Wildman–Crippen MR) is 107 cm³/mol. The Balaban J connectivity index is 1.40. The number of hydrogen-bond donors (Lipinski definition) is 1. The van der Waals surface area contributed by atoms with Crippen LogP contribution in [0.15, 0.2) is 40.1 Å². The van der Waals surface area contributed by atoms with E-state index in [0.717, 1.165) is 51.3 Å². The Morgan fingerprint density at radius 1 is 1.00 bits per heavy atom. The van der Waals surface area contributed by atoms with Crippen molar-refractivity contribution >= 4 is 5.69 Å². The van der Waals surface area contributed by atoms with Crippen molar-refractivity contribution in [3.63, 3.8) is 0 Å². The average molecular weight is 372 g/mol. The minimum absolute atomic E-state index is 0.300. The zero-order valence-electron chi connectivity index (χ0n) is 16.1. The second-order valence-corrected chi connectivity index (χ2v) is 7.00. The number of rotatable bonds is 7. The largest absolute Gasteiger partial charge is 0.497 e. The van der Waals surface area contributed by atoms with Gasteiger partial charge in [-0.1, -0.05) is 0 Å². The number of methoxy groups -OCH3 is 1. The van der Waals surface area contributed by atoms with Gasteiger partial charge in [-0.05, 0) is 50.6 Å². The number of aromatic nitrogens is 2. The van der Waals surface area contributed by atoms with Crippen LogP contribution in [0.2, 0.25) is 0 Å². The zero-order valence-corrected chi connectivity index (χ0v) is 16.1. The third-order valence-corrected chi connectivity index (χ3v) is 5.12. The molecule has 1 fully saturated rings. The van der Waals surface area contributed by atoms with Gasteiger partial charge in [0, 0.05) is 50.2 Å². The van der Waals surface area contributed by atoms with Crippen molar-refractivity contribution in [1.82, 2.24) is 14.5 Å². The summed E-state index contributed by atoms with van der Waals surface area (Å²) in [6.45, 7) is 7.52. The topological polar surface area (TPSA) is 70.6 Å². The second-order valence-electron chi connectivity index (χ2n) is 7.00. The van der Waals surface area contributed by atoms with E-state index in [2.05, 4.69) is 26.9 Å². The number of H-pyrrole nitrogens is 1. The van der Waals surface area contributed by atoms with Crippen molar-refractivity contribution in [2.24, 2.45) is 0 Å². The van der Waals surface area contributed by atoms with Gasteiger partial charge < -0.3 is 14.2 Å². The quantitative estimate of drug-likeness (QED) is 0.745. The fourth-order valence-corrected chi connectivity index (χ4v) is 3.42. The Labute approximate surface area is 159 Å². The van der Waals surface area contributed by atoms with Crippen LogP contribution < -0.4 is 20.9 Å². The molecular formula is C20H28N4O3. The number of nitrogens with one attached hydrogen (secondary N) is 1. The van der Waals surface area contributed by atoms with E-state index in [4.69, 9.17) is 4.74 Å². The summed E-state index contributed by atoms with van der Waals surface area (Å²) in [5.74, 6) is 0.883. The van der Waals surface area contributed by atoms with E-state index in [1.54, 1.807) is 24.8 Å². The summed E-state index contributed by atoms with van der Waals surface area (Å²) in [4.78, 5) is 30.4. The monoisotopic (exact) mass is 372 g/mol. The van der Waals surface area contributed by atoms with Gasteiger partial charge in [0.2, 0.25) is 0 Å². The molecule has 2 heterocycles. The Morgan fingerprint density at radius 2 is 1.67 bits per heavy atom. The van der Waals surface area contributed by atoms with Gasteiger partial charge >= 0.3 is 5.69 Å². The van der Waals surface area contributed by atoms with E-state index in [-0.39, 0.29) is 11.2 Å². The molecule has 3 rings (SSSR count). The molecule has 1 N–H and O–H groups in total. The van der Waals surface area contributed by atoms with Crippen molar-refractivity contribution in [1.29, 1.82) is 0 Å². The Hall–Kier alpha value is -2.54. The molecule has 7 nitrogen and oxygen atoms in total. The van der Waals surface area contributed by atoms with Crippen LogP contribution >= 0.6 is 0 Å². The molecular weight excluding hydrogens is 344 g/mol. The first kappa shape index (κ1) is 19.2. The van der Waals surface area contributed by atoms with Gasteiger partial charge in [-0.2, -0.15) is 0 Å². The molecule has 0 unspecified atom stereocenters. The summed E-state index contributed by atoms with van der Waals surface area (Å²) in [6, 6.07) is 8.22. The average Bonchev–Trinajstić information content (AvgIpc) is 2.69. The fourth-order valence-electron chi connectivity index (χ4n) is 3.42. The molecule has 0 spiro atoms. The number of aromatic amines is 1. The lowest BCUT2D eigenvalue weighted by Crippen LogP contribution is -2.46. The van der Waals surface area contributed by atoms with Crippen molar-refractivity contribution in [2.75, 3.05) is 44.7 Å².